The molecule has 4 aromatic rings. The molecule has 1 aliphatic heterocycles. The summed E-state index contributed by atoms with van der Waals surface area (Å²) in [7, 11) is 0. The van der Waals surface area contributed by atoms with Gasteiger partial charge in [-0.25, -0.2) is 19.2 Å². The van der Waals surface area contributed by atoms with Crippen LogP contribution in [0.15, 0.2) is 48.8 Å². The van der Waals surface area contributed by atoms with E-state index in [1.54, 1.807) is 22.9 Å². The van der Waals surface area contributed by atoms with Gasteiger partial charge in [-0.05, 0) is 43.2 Å². The average Bonchev–Trinajstić information content (AvgIpc) is 3.31. The van der Waals surface area contributed by atoms with Gasteiger partial charge in [0.2, 0.25) is 0 Å². The number of benzene rings is 1. The zero-order valence-electron chi connectivity index (χ0n) is 19.4. The summed E-state index contributed by atoms with van der Waals surface area (Å²) in [4.78, 5) is 33.6. The fraction of sp³-hybridized carbons (Fsp3) is 0.200. The summed E-state index contributed by atoms with van der Waals surface area (Å²) in [6, 6.07) is 10.7. The number of halogens is 1. The minimum Gasteiger partial charge on any atom is -0.465 e. The molecule has 0 unspecified atom stereocenters. The number of nitriles is 1. The van der Waals surface area contributed by atoms with Crippen LogP contribution in [0.2, 0.25) is 0 Å². The number of rotatable bonds is 4. The van der Waals surface area contributed by atoms with Crippen LogP contribution >= 0.6 is 0 Å². The van der Waals surface area contributed by atoms with Crippen molar-refractivity contribution in [2.24, 2.45) is 0 Å². The molecule has 0 bridgehead atoms. The number of carbonyl (C=O) groups excluding carboxylic acids is 1. The first-order chi connectivity index (χ1) is 17.9. The van der Waals surface area contributed by atoms with Crippen molar-refractivity contribution in [1.29, 1.82) is 5.26 Å². The highest BCUT2D eigenvalue weighted by Gasteiger charge is 2.30. The van der Waals surface area contributed by atoms with Crippen molar-refractivity contribution in [3.8, 4) is 17.3 Å². The number of likely N-dealkylation sites (tertiary alicyclic amines) is 1. The molecule has 11 nitrogen and oxygen atoms in total. The summed E-state index contributed by atoms with van der Waals surface area (Å²) in [5.41, 5.74) is 7.01. The summed E-state index contributed by atoms with van der Waals surface area (Å²) >= 11 is 0. The zero-order chi connectivity index (χ0) is 26.1. The number of hydrogen-bond donors (Lipinski definition) is 3. The van der Waals surface area contributed by atoms with Crippen LogP contribution in [0.3, 0.4) is 0 Å². The molecule has 0 radical (unpaired) electrons. The highest BCUT2D eigenvalue weighted by Crippen LogP contribution is 2.37. The molecule has 1 saturated heterocycles. The molecule has 186 valence electrons. The molecule has 1 fully saturated rings. The van der Waals surface area contributed by atoms with E-state index in [0.717, 1.165) is 6.07 Å². The fourth-order valence-corrected chi connectivity index (χ4v) is 4.53. The van der Waals surface area contributed by atoms with Crippen LogP contribution in [0.5, 0.6) is 0 Å². The molecule has 3 aromatic heterocycles. The summed E-state index contributed by atoms with van der Waals surface area (Å²) in [6.45, 7) is 0.553. The maximum absolute atomic E-state index is 15.4. The highest BCUT2D eigenvalue weighted by molar-refractivity contribution is 6.05. The number of pyridine rings is 2. The molecule has 5 rings (SSSR count). The minimum atomic E-state index is -1.05. The largest absolute Gasteiger partial charge is 0.465 e. The molecule has 1 aliphatic rings. The SMILES string of the molecule is N#Cc1cnc(N)c2c(-c3ccc(C(=O)Nc4ccccn4)cc3F)nn([C@@H]3CCCN(C(=O)O)C3)c12. The van der Waals surface area contributed by atoms with Gasteiger partial charge in [0, 0.05) is 36.6 Å². The van der Waals surface area contributed by atoms with Crippen molar-refractivity contribution in [2.45, 2.75) is 18.9 Å². The first kappa shape index (κ1) is 23.7. The maximum atomic E-state index is 15.4. The van der Waals surface area contributed by atoms with E-state index in [1.807, 2.05) is 0 Å². The molecule has 0 aliphatic carbocycles. The van der Waals surface area contributed by atoms with Gasteiger partial charge in [0.1, 0.15) is 29.2 Å². The lowest BCUT2D eigenvalue weighted by molar-refractivity contribution is 0.102. The van der Waals surface area contributed by atoms with Gasteiger partial charge in [-0.1, -0.05) is 6.07 Å². The van der Waals surface area contributed by atoms with Crippen LogP contribution < -0.4 is 11.1 Å². The first-order valence-electron chi connectivity index (χ1n) is 11.4. The van der Waals surface area contributed by atoms with E-state index >= 15 is 4.39 Å². The molecular formula is C25H21FN8O3. The lowest BCUT2D eigenvalue weighted by atomic mass is 10.0. The van der Waals surface area contributed by atoms with Crippen LogP contribution in [0.25, 0.3) is 22.2 Å². The third-order valence-corrected chi connectivity index (χ3v) is 6.28. The molecule has 1 aromatic carbocycles. The third-order valence-electron chi connectivity index (χ3n) is 6.28. The van der Waals surface area contributed by atoms with Gasteiger partial charge < -0.3 is 21.1 Å². The number of fused-ring (bicyclic) bond motifs is 1. The Morgan fingerprint density at radius 3 is 2.78 bits per heavy atom. The summed E-state index contributed by atoms with van der Waals surface area (Å²) in [5, 5.41) is 26.7. The number of piperidine rings is 1. The Morgan fingerprint density at radius 1 is 1.24 bits per heavy atom. The van der Waals surface area contributed by atoms with Crippen LogP contribution in [-0.4, -0.2) is 54.8 Å². The van der Waals surface area contributed by atoms with Gasteiger partial charge in [0.25, 0.3) is 5.91 Å². The van der Waals surface area contributed by atoms with Gasteiger partial charge in [0.15, 0.2) is 0 Å². The molecule has 0 saturated carbocycles. The molecule has 37 heavy (non-hydrogen) atoms. The molecule has 12 heteroatoms. The second-order valence-electron chi connectivity index (χ2n) is 8.57. The summed E-state index contributed by atoms with van der Waals surface area (Å²) in [6.07, 6.45) is 3.01. The van der Waals surface area contributed by atoms with E-state index in [4.69, 9.17) is 5.73 Å². The quantitative estimate of drug-likeness (QED) is 0.382. The Balaban J connectivity index is 1.59. The topological polar surface area (TPSA) is 163 Å². The average molecular weight is 500 g/mol. The highest BCUT2D eigenvalue weighted by atomic mass is 19.1. The Hall–Kier alpha value is -5.05. The zero-order valence-corrected chi connectivity index (χ0v) is 19.4. The van der Waals surface area contributed by atoms with Crippen LogP contribution in [0.1, 0.15) is 34.8 Å². The first-order valence-corrected chi connectivity index (χ1v) is 11.4. The number of anilines is 2. The van der Waals surface area contributed by atoms with Gasteiger partial charge in [-0.3, -0.25) is 9.48 Å². The summed E-state index contributed by atoms with van der Waals surface area (Å²) < 4.78 is 17.0. The maximum Gasteiger partial charge on any atom is 0.407 e. The number of hydrogen-bond acceptors (Lipinski definition) is 7. The lowest BCUT2D eigenvalue weighted by Gasteiger charge is -2.31. The Morgan fingerprint density at radius 2 is 2.08 bits per heavy atom. The normalized spacial score (nSPS) is 15.4. The van der Waals surface area contributed by atoms with Gasteiger partial charge in [-0.2, -0.15) is 10.4 Å². The predicted molar refractivity (Wildman–Crippen MR) is 132 cm³/mol. The third kappa shape index (κ3) is 4.38. The smallest absolute Gasteiger partial charge is 0.407 e. The van der Waals surface area contributed by atoms with Crippen molar-refractivity contribution >= 4 is 34.5 Å². The minimum absolute atomic E-state index is 0.0533. The molecular weight excluding hydrogens is 479 g/mol. The second-order valence-corrected chi connectivity index (χ2v) is 8.57. The molecule has 4 heterocycles. The number of carbonyl (C=O) groups is 2. The van der Waals surface area contributed by atoms with Gasteiger partial charge in [0.05, 0.1) is 22.5 Å². The van der Waals surface area contributed by atoms with E-state index in [0.29, 0.717) is 30.7 Å². The number of aromatic nitrogens is 4. The monoisotopic (exact) mass is 500 g/mol. The van der Waals surface area contributed by atoms with Crippen molar-refractivity contribution in [3.63, 3.8) is 0 Å². The van der Waals surface area contributed by atoms with Crippen molar-refractivity contribution in [3.05, 3.63) is 65.7 Å². The molecule has 2 amide bonds. The molecule has 0 spiro atoms. The number of nitrogens with zero attached hydrogens (tertiary/aromatic N) is 6. The fourth-order valence-electron chi connectivity index (χ4n) is 4.53. The number of nitrogen functional groups attached to an aromatic ring is 1. The van der Waals surface area contributed by atoms with E-state index < -0.39 is 17.8 Å². The van der Waals surface area contributed by atoms with Crippen LogP contribution in [-0.2, 0) is 0 Å². The Labute approximate surface area is 210 Å². The number of amides is 2. The number of carboxylic acid groups (broad SMARTS) is 1. The van der Waals surface area contributed by atoms with Crippen molar-refractivity contribution < 1.29 is 19.1 Å². The van der Waals surface area contributed by atoms with Gasteiger partial charge >= 0.3 is 6.09 Å². The Bertz CT molecular complexity index is 1560. The summed E-state index contributed by atoms with van der Waals surface area (Å²) in [5.74, 6) is -0.883. The Kier molecular flexibility index (Phi) is 6.10. The van der Waals surface area contributed by atoms with E-state index in [9.17, 15) is 20.0 Å². The number of nitrogens with two attached hydrogens (primary N) is 1. The van der Waals surface area contributed by atoms with Crippen molar-refractivity contribution in [1.82, 2.24) is 24.6 Å². The second kappa shape index (κ2) is 9.54. The molecule has 4 N–H and O–H groups in total. The molecule has 1 atom stereocenters. The van der Waals surface area contributed by atoms with E-state index in [2.05, 4.69) is 26.5 Å². The van der Waals surface area contributed by atoms with Crippen LogP contribution in [0, 0.1) is 17.1 Å². The van der Waals surface area contributed by atoms with E-state index in [1.165, 1.54) is 29.4 Å². The van der Waals surface area contributed by atoms with E-state index in [-0.39, 0.29) is 46.2 Å². The lowest BCUT2D eigenvalue weighted by Crippen LogP contribution is -2.40. The number of nitrogens with one attached hydrogen (secondary N) is 1. The standard InChI is InChI=1S/C25H21FN8O3/c26-18-10-14(24(35)31-19-5-1-2-8-29-19)6-7-17(18)21-20-22(15(11-27)12-30-23(20)28)34(32-21)16-4-3-9-33(13-16)25(36)37/h1-2,5-8,10,12,16H,3-4,9,13H2,(H2,28,30)(H,36,37)(H,29,31,35)/t16-/m1/s1. The van der Waals surface area contributed by atoms with Gasteiger partial charge in [-0.15, -0.1) is 0 Å². The van der Waals surface area contributed by atoms with Crippen molar-refractivity contribution in [2.75, 3.05) is 24.1 Å². The predicted octanol–water partition coefficient (Wildman–Crippen LogP) is 3.65. The van der Waals surface area contributed by atoms with Crippen LogP contribution in [0.4, 0.5) is 20.8 Å².